The van der Waals surface area contributed by atoms with E-state index in [-0.39, 0.29) is 11.8 Å². The summed E-state index contributed by atoms with van der Waals surface area (Å²) >= 11 is 0. The maximum absolute atomic E-state index is 12.1. The van der Waals surface area contributed by atoms with Crippen LogP contribution in [0.4, 0.5) is 11.5 Å². The Morgan fingerprint density at radius 2 is 1.91 bits per heavy atom. The van der Waals surface area contributed by atoms with E-state index < -0.39 is 0 Å². The lowest BCUT2D eigenvalue weighted by atomic mass is 9.77. The minimum absolute atomic E-state index is 0.0471. The molecule has 0 bridgehead atoms. The number of carbonyl (C=O) groups is 1. The Morgan fingerprint density at radius 3 is 2.52 bits per heavy atom. The molecule has 1 amide bonds. The van der Waals surface area contributed by atoms with Crippen molar-refractivity contribution >= 4 is 17.4 Å². The average Bonchev–Trinajstić information content (AvgIpc) is 2.88. The molecule has 1 fully saturated rings. The van der Waals surface area contributed by atoms with Crippen LogP contribution >= 0.6 is 0 Å². The number of nitrogens with one attached hydrogen (secondary N) is 2. The van der Waals surface area contributed by atoms with Gasteiger partial charge in [-0.3, -0.25) is 9.89 Å². The number of H-pyrrole nitrogens is 1. The van der Waals surface area contributed by atoms with E-state index in [1.807, 2.05) is 14.1 Å². The van der Waals surface area contributed by atoms with Gasteiger partial charge in [-0.25, -0.2) is 0 Å². The average molecular weight is 310 g/mol. The van der Waals surface area contributed by atoms with Crippen LogP contribution in [0.15, 0.2) is 24.3 Å². The first-order valence-corrected chi connectivity index (χ1v) is 8.29. The van der Waals surface area contributed by atoms with Gasteiger partial charge in [0.05, 0.1) is 0 Å². The number of anilines is 2. The van der Waals surface area contributed by atoms with E-state index in [4.69, 9.17) is 0 Å². The predicted molar refractivity (Wildman–Crippen MR) is 91.0 cm³/mol. The molecule has 0 unspecified atom stereocenters. The van der Waals surface area contributed by atoms with Gasteiger partial charge >= 0.3 is 0 Å². The molecule has 1 aliphatic carbocycles. The van der Waals surface area contributed by atoms with Crippen LogP contribution in [0.2, 0.25) is 0 Å². The topological polar surface area (TPSA) is 61.0 Å². The zero-order valence-electron chi connectivity index (χ0n) is 13.6. The summed E-state index contributed by atoms with van der Waals surface area (Å²) in [6, 6.07) is 8.51. The summed E-state index contributed by atoms with van der Waals surface area (Å²) in [4.78, 5) is 14.2. The summed E-state index contributed by atoms with van der Waals surface area (Å²) in [6.07, 6.45) is 4.21. The number of rotatable bonds is 3. The molecular weight excluding hydrogens is 288 g/mol. The number of hydrogen-bond acceptors (Lipinski definition) is 3. The van der Waals surface area contributed by atoms with Gasteiger partial charge in [-0.15, -0.1) is 0 Å². The van der Waals surface area contributed by atoms with Gasteiger partial charge in [0, 0.05) is 49.3 Å². The second-order valence-corrected chi connectivity index (χ2v) is 6.82. The summed E-state index contributed by atoms with van der Waals surface area (Å²) in [5.74, 6) is 1.45. The summed E-state index contributed by atoms with van der Waals surface area (Å²) in [7, 11) is 4.07. The van der Waals surface area contributed by atoms with Crippen molar-refractivity contribution in [3.8, 4) is 0 Å². The summed E-state index contributed by atoms with van der Waals surface area (Å²) in [5.41, 5.74) is 4.79. The molecule has 1 aromatic heterocycles. The molecular formula is C18H22N4O. The maximum Gasteiger partial charge on any atom is 0.226 e. The zero-order valence-corrected chi connectivity index (χ0v) is 13.6. The van der Waals surface area contributed by atoms with Gasteiger partial charge in [0.2, 0.25) is 5.91 Å². The SMILES string of the molecule is CN(C)c1ccc([C@@H]2CC(=O)Nc3n[nH]c(C4CCC4)c32)cc1. The largest absolute Gasteiger partial charge is 0.378 e. The van der Waals surface area contributed by atoms with Crippen molar-refractivity contribution in [2.45, 2.75) is 37.5 Å². The first-order chi connectivity index (χ1) is 11.1. The molecule has 2 N–H and O–H groups in total. The molecule has 1 aromatic carbocycles. The molecule has 0 saturated heterocycles. The van der Waals surface area contributed by atoms with Crippen molar-refractivity contribution < 1.29 is 4.79 Å². The molecule has 1 saturated carbocycles. The number of amides is 1. The van der Waals surface area contributed by atoms with Crippen molar-refractivity contribution in [3.05, 3.63) is 41.1 Å². The molecule has 1 atom stereocenters. The van der Waals surface area contributed by atoms with E-state index in [2.05, 4.69) is 44.7 Å². The van der Waals surface area contributed by atoms with E-state index >= 15 is 0 Å². The van der Waals surface area contributed by atoms with Gasteiger partial charge in [-0.2, -0.15) is 5.10 Å². The second-order valence-electron chi connectivity index (χ2n) is 6.82. The Balaban J connectivity index is 1.74. The van der Waals surface area contributed by atoms with Gasteiger partial charge in [0.15, 0.2) is 5.82 Å². The van der Waals surface area contributed by atoms with Crippen molar-refractivity contribution in [3.63, 3.8) is 0 Å². The highest BCUT2D eigenvalue weighted by atomic mass is 16.1. The lowest BCUT2D eigenvalue weighted by Crippen LogP contribution is -2.24. The third-order valence-electron chi connectivity index (χ3n) is 5.15. The minimum Gasteiger partial charge on any atom is -0.378 e. The molecule has 1 aliphatic heterocycles. The van der Waals surface area contributed by atoms with Gasteiger partial charge < -0.3 is 10.2 Å². The molecule has 0 radical (unpaired) electrons. The Bertz CT molecular complexity index is 728. The van der Waals surface area contributed by atoms with Crippen LogP contribution in [0.25, 0.3) is 0 Å². The summed E-state index contributed by atoms with van der Waals surface area (Å²) in [6.45, 7) is 0. The van der Waals surface area contributed by atoms with Crippen LogP contribution in [0.3, 0.4) is 0 Å². The quantitative estimate of drug-likeness (QED) is 0.915. The minimum atomic E-state index is 0.0471. The molecule has 5 heteroatoms. The number of benzene rings is 1. The second kappa shape index (κ2) is 5.41. The van der Waals surface area contributed by atoms with Gasteiger partial charge in [-0.1, -0.05) is 18.6 Å². The Morgan fingerprint density at radius 1 is 1.17 bits per heavy atom. The van der Waals surface area contributed by atoms with Crippen molar-refractivity contribution in [2.75, 3.05) is 24.3 Å². The van der Waals surface area contributed by atoms with Crippen LogP contribution < -0.4 is 10.2 Å². The van der Waals surface area contributed by atoms with E-state index in [1.54, 1.807) is 0 Å². The van der Waals surface area contributed by atoms with Gasteiger partial charge in [0.25, 0.3) is 0 Å². The third kappa shape index (κ3) is 2.40. The number of fused-ring (bicyclic) bond motifs is 1. The third-order valence-corrected chi connectivity index (χ3v) is 5.15. The lowest BCUT2D eigenvalue weighted by molar-refractivity contribution is -0.116. The van der Waals surface area contributed by atoms with Crippen LogP contribution in [0, 0.1) is 0 Å². The van der Waals surface area contributed by atoms with Gasteiger partial charge in [-0.05, 0) is 30.5 Å². The van der Waals surface area contributed by atoms with E-state index in [9.17, 15) is 4.79 Å². The van der Waals surface area contributed by atoms with Crippen LogP contribution in [-0.2, 0) is 4.79 Å². The number of carbonyl (C=O) groups excluding carboxylic acids is 1. The molecule has 23 heavy (non-hydrogen) atoms. The fourth-order valence-corrected chi connectivity index (χ4v) is 3.58. The maximum atomic E-state index is 12.1. The monoisotopic (exact) mass is 310 g/mol. The predicted octanol–water partition coefficient (Wildman–Crippen LogP) is 3.22. The number of nitrogens with zero attached hydrogens (tertiary/aromatic N) is 2. The molecule has 4 rings (SSSR count). The molecule has 2 heterocycles. The van der Waals surface area contributed by atoms with Crippen LogP contribution in [0.1, 0.15) is 54.3 Å². The molecule has 0 spiro atoms. The normalized spacial score (nSPS) is 20.6. The number of aromatic amines is 1. The first-order valence-electron chi connectivity index (χ1n) is 8.29. The van der Waals surface area contributed by atoms with Crippen molar-refractivity contribution in [1.82, 2.24) is 10.2 Å². The fourth-order valence-electron chi connectivity index (χ4n) is 3.58. The lowest BCUT2D eigenvalue weighted by Gasteiger charge is -2.29. The zero-order chi connectivity index (χ0) is 16.0. The smallest absolute Gasteiger partial charge is 0.226 e. The van der Waals surface area contributed by atoms with E-state index in [0.29, 0.717) is 12.3 Å². The Labute approximate surface area is 136 Å². The van der Waals surface area contributed by atoms with Crippen LogP contribution in [-0.4, -0.2) is 30.2 Å². The highest BCUT2D eigenvalue weighted by Crippen LogP contribution is 2.45. The molecule has 2 aromatic rings. The summed E-state index contributed by atoms with van der Waals surface area (Å²) < 4.78 is 0. The van der Waals surface area contributed by atoms with E-state index in [0.717, 1.165) is 5.82 Å². The molecule has 2 aliphatic rings. The van der Waals surface area contributed by atoms with Crippen molar-refractivity contribution in [2.24, 2.45) is 0 Å². The summed E-state index contributed by atoms with van der Waals surface area (Å²) in [5, 5.41) is 10.5. The highest BCUT2D eigenvalue weighted by Gasteiger charge is 2.35. The molecule has 120 valence electrons. The van der Waals surface area contributed by atoms with Crippen molar-refractivity contribution in [1.29, 1.82) is 0 Å². The van der Waals surface area contributed by atoms with E-state index in [1.165, 1.54) is 41.8 Å². The number of aromatic nitrogens is 2. The van der Waals surface area contributed by atoms with Gasteiger partial charge in [0.1, 0.15) is 0 Å². The van der Waals surface area contributed by atoms with Crippen LogP contribution in [0.5, 0.6) is 0 Å². The fraction of sp³-hybridized carbons (Fsp3) is 0.444. The number of hydrogen-bond donors (Lipinski definition) is 2. The Hall–Kier alpha value is -2.30. The molecule has 5 nitrogen and oxygen atoms in total. The first kappa shape index (κ1) is 14.3. The standard InChI is InChI=1S/C18H22N4O/c1-22(2)13-8-6-11(7-9-13)14-10-15(23)19-18-16(14)17(20-21-18)12-4-3-5-12/h6-9,12,14H,3-5,10H2,1-2H3,(H2,19,20,21,23)/t14-/m0/s1. The Kier molecular flexibility index (Phi) is 3.36. The highest BCUT2D eigenvalue weighted by molar-refractivity contribution is 5.94.